The summed E-state index contributed by atoms with van der Waals surface area (Å²) in [4.78, 5) is 26.2. The van der Waals surface area contributed by atoms with Gasteiger partial charge in [0.15, 0.2) is 0 Å². The first-order valence-electron chi connectivity index (χ1n) is 9.19. The number of aromatic nitrogens is 4. The molecule has 0 bridgehead atoms. The molecule has 3 heterocycles. The van der Waals surface area contributed by atoms with Gasteiger partial charge in [-0.2, -0.15) is 10.2 Å². The van der Waals surface area contributed by atoms with Crippen LogP contribution in [0.15, 0.2) is 23.1 Å². The number of hydrogen-bond donors (Lipinski definition) is 1. The van der Waals surface area contributed by atoms with Gasteiger partial charge in [-0.15, -0.1) is 0 Å². The van der Waals surface area contributed by atoms with Crippen molar-refractivity contribution in [3.63, 3.8) is 0 Å². The van der Waals surface area contributed by atoms with E-state index in [-0.39, 0.29) is 17.6 Å². The van der Waals surface area contributed by atoms with Gasteiger partial charge in [-0.25, -0.2) is 4.68 Å². The summed E-state index contributed by atoms with van der Waals surface area (Å²) < 4.78 is 8.71. The number of carbonyl (C=O) groups excluding carboxylic acids is 1. The molecular formula is C18H26N6O3. The predicted molar refractivity (Wildman–Crippen MR) is 101 cm³/mol. The molecular weight excluding hydrogens is 348 g/mol. The molecule has 0 radical (unpaired) electrons. The summed E-state index contributed by atoms with van der Waals surface area (Å²) in [5.74, 6) is -0.131. The van der Waals surface area contributed by atoms with Gasteiger partial charge >= 0.3 is 0 Å². The van der Waals surface area contributed by atoms with Crippen LogP contribution in [0.4, 0.5) is 5.69 Å². The van der Waals surface area contributed by atoms with E-state index in [9.17, 15) is 9.59 Å². The predicted octanol–water partition coefficient (Wildman–Crippen LogP) is 0.102. The Hall–Kier alpha value is -2.68. The molecule has 27 heavy (non-hydrogen) atoms. The summed E-state index contributed by atoms with van der Waals surface area (Å²) in [7, 11) is 3.40. The van der Waals surface area contributed by atoms with Crippen LogP contribution in [-0.2, 0) is 25.3 Å². The summed E-state index contributed by atoms with van der Waals surface area (Å²) >= 11 is 0. The van der Waals surface area contributed by atoms with Crippen LogP contribution < -0.4 is 15.8 Å². The highest BCUT2D eigenvalue weighted by molar-refractivity contribution is 5.92. The molecule has 146 valence electrons. The first-order valence-corrected chi connectivity index (χ1v) is 9.19. The standard InChI is InChI=1S/C18H26N6O3/c1-4-13-9-16(22(2)21-13)18(26)19-6-5-15-12-24(7-8-27-15)14-10-17(25)23(3)20-11-14/h9-11,15H,4-8,12H2,1-3H3,(H,19,26). The van der Waals surface area contributed by atoms with Crippen molar-refractivity contribution < 1.29 is 9.53 Å². The molecule has 1 saturated heterocycles. The summed E-state index contributed by atoms with van der Waals surface area (Å²) in [5.41, 5.74) is 2.13. The Morgan fingerprint density at radius 2 is 2.15 bits per heavy atom. The zero-order valence-electron chi connectivity index (χ0n) is 16.0. The highest BCUT2D eigenvalue weighted by Gasteiger charge is 2.22. The number of nitrogens with zero attached hydrogens (tertiary/aromatic N) is 5. The van der Waals surface area contributed by atoms with Crippen LogP contribution in [0.3, 0.4) is 0 Å². The number of amides is 1. The quantitative estimate of drug-likeness (QED) is 0.771. The van der Waals surface area contributed by atoms with Gasteiger partial charge in [-0.3, -0.25) is 14.3 Å². The molecule has 2 aromatic rings. The SMILES string of the molecule is CCc1cc(C(=O)NCCC2CN(c3cnn(C)c(=O)c3)CCO2)n(C)n1. The average Bonchev–Trinajstić information content (AvgIpc) is 3.05. The van der Waals surface area contributed by atoms with E-state index in [1.54, 1.807) is 31.0 Å². The van der Waals surface area contributed by atoms with Gasteiger partial charge in [0, 0.05) is 39.8 Å². The number of ether oxygens (including phenoxy) is 1. The van der Waals surface area contributed by atoms with E-state index in [4.69, 9.17) is 4.74 Å². The fourth-order valence-corrected chi connectivity index (χ4v) is 3.11. The molecule has 0 aliphatic carbocycles. The van der Waals surface area contributed by atoms with E-state index in [2.05, 4.69) is 20.4 Å². The number of rotatable bonds is 6. The maximum Gasteiger partial charge on any atom is 0.269 e. The van der Waals surface area contributed by atoms with E-state index >= 15 is 0 Å². The second kappa shape index (κ2) is 8.34. The molecule has 1 atom stereocenters. The van der Waals surface area contributed by atoms with Gasteiger partial charge in [-0.1, -0.05) is 6.92 Å². The molecule has 1 aliphatic rings. The molecule has 1 fully saturated rings. The van der Waals surface area contributed by atoms with Crippen molar-refractivity contribution in [3.8, 4) is 0 Å². The molecule has 1 N–H and O–H groups in total. The summed E-state index contributed by atoms with van der Waals surface area (Å²) in [6.07, 6.45) is 3.17. The Kier molecular flexibility index (Phi) is 5.90. The summed E-state index contributed by atoms with van der Waals surface area (Å²) in [6.45, 7) is 4.48. The van der Waals surface area contributed by atoms with E-state index < -0.39 is 0 Å². The second-order valence-electron chi connectivity index (χ2n) is 6.66. The van der Waals surface area contributed by atoms with Crippen LogP contribution in [0.5, 0.6) is 0 Å². The van der Waals surface area contributed by atoms with Gasteiger partial charge in [0.05, 0.1) is 30.3 Å². The van der Waals surface area contributed by atoms with Crippen LogP contribution in [-0.4, -0.2) is 57.8 Å². The number of aryl methyl sites for hydroxylation is 3. The molecule has 1 unspecified atom stereocenters. The van der Waals surface area contributed by atoms with Gasteiger partial charge in [-0.05, 0) is 18.9 Å². The molecule has 0 spiro atoms. The maximum absolute atomic E-state index is 12.3. The van der Waals surface area contributed by atoms with Crippen molar-refractivity contribution >= 4 is 11.6 Å². The first kappa shape index (κ1) is 19.1. The molecule has 2 aromatic heterocycles. The fourth-order valence-electron chi connectivity index (χ4n) is 3.11. The Morgan fingerprint density at radius 3 is 2.85 bits per heavy atom. The van der Waals surface area contributed by atoms with E-state index in [0.717, 1.165) is 17.8 Å². The lowest BCUT2D eigenvalue weighted by molar-refractivity contribution is 0.0353. The topological polar surface area (TPSA) is 94.3 Å². The molecule has 9 heteroatoms. The number of hydrogen-bond acceptors (Lipinski definition) is 6. The van der Waals surface area contributed by atoms with Crippen LogP contribution >= 0.6 is 0 Å². The molecule has 3 rings (SSSR count). The van der Waals surface area contributed by atoms with Crippen LogP contribution in [0.2, 0.25) is 0 Å². The van der Waals surface area contributed by atoms with Gasteiger partial charge in [0.25, 0.3) is 11.5 Å². The molecule has 9 nitrogen and oxygen atoms in total. The fraction of sp³-hybridized carbons (Fsp3) is 0.556. The molecule has 1 amide bonds. The third kappa shape index (κ3) is 4.54. The lowest BCUT2D eigenvalue weighted by Crippen LogP contribution is -2.44. The van der Waals surface area contributed by atoms with Crippen LogP contribution in [0.1, 0.15) is 29.5 Å². The number of nitrogens with one attached hydrogen (secondary N) is 1. The minimum atomic E-state index is -0.134. The van der Waals surface area contributed by atoms with Gasteiger partial charge in [0.2, 0.25) is 0 Å². The third-order valence-corrected chi connectivity index (χ3v) is 4.73. The van der Waals surface area contributed by atoms with Crippen molar-refractivity contribution in [2.75, 3.05) is 31.1 Å². The van der Waals surface area contributed by atoms with Crippen molar-refractivity contribution in [1.82, 2.24) is 24.9 Å². The van der Waals surface area contributed by atoms with Crippen LogP contribution in [0.25, 0.3) is 0 Å². The molecule has 0 aromatic carbocycles. The highest BCUT2D eigenvalue weighted by atomic mass is 16.5. The van der Waals surface area contributed by atoms with Crippen molar-refractivity contribution in [3.05, 3.63) is 40.1 Å². The van der Waals surface area contributed by atoms with E-state index in [0.29, 0.717) is 38.4 Å². The molecule has 0 saturated carbocycles. The Balaban J connectivity index is 1.52. The third-order valence-electron chi connectivity index (χ3n) is 4.73. The van der Waals surface area contributed by atoms with Crippen molar-refractivity contribution in [1.29, 1.82) is 0 Å². The number of anilines is 1. The van der Waals surface area contributed by atoms with Crippen molar-refractivity contribution in [2.24, 2.45) is 14.1 Å². The zero-order chi connectivity index (χ0) is 19.4. The van der Waals surface area contributed by atoms with Gasteiger partial charge < -0.3 is 15.0 Å². The Morgan fingerprint density at radius 1 is 1.33 bits per heavy atom. The summed E-state index contributed by atoms with van der Waals surface area (Å²) in [6, 6.07) is 3.40. The summed E-state index contributed by atoms with van der Waals surface area (Å²) in [5, 5.41) is 11.3. The van der Waals surface area contributed by atoms with E-state index in [1.807, 2.05) is 13.0 Å². The minimum absolute atomic E-state index is 0.0131. The highest BCUT2D eigenvalue weighted by Crippen LogP contribution is 2.16. The van der Waals surface area contributed by atoms with Crippen LogP contribution in [0, 0.1) is 0 Å². The minimum Gasteiger partial charge on any atom is -0.374 e. The van der Waals surface area contributed by atoms with Crippen molar-refractivity contribution in [2.45, 2.75) is 25.9 Å². The number of carbonyl (C=O) groups is 1. The average molecular weight is 374 g/mol. The smallest absolute Gasteiger partial charge is 0.269 e. The Labute approximate surface area is 157 Å². The first-order chi connectivity index (χ1) is 13.0. The lowest BCUT2D eigenvalue weighted by atomic mass is 10.2. The normalized spacial score (nSPS) is 17.1. The van der Waals surface area contributed by atoms with E-state index in [1.165, 1.54) is 4.68 Å². The largest absolute Gasteiger partial charge is 0.374 e. The number of morpholine rings is 1. The Bertz CT molecular complexity index is 859. The zero-order valence-corrected chi connectivity index (χ0v) is 16.0. The molecule has 1 aliphatic heterocycles. The lowest BCUT2D eigenvalue weighted by Gasteiger charge is -2.34. The monoisotopic (exact) mass is 374 g/mol. The second-order valence-corrected chi connectivity index (χ2v) is 6.66. The maximum atomic E-state index is 12.3. The van der Waals surface area contributed by atoms with Gasteiger partial charge in [0.1, 0.15) is 5.69 Å².